The highest BCUT2D eigenvalue weighted by Gasteiger charge is 2.28. The Morgan fingerprint density at radius 1 is 0.532 bits per heavy atom. The number of pyridine rings is 7. The summed E-state index contributed by atoms with van der Waals surface area (Å²) >= 11 is 5.60. The van der Waals surface area contributed by atoms with Crippen molar-refractivity contribution in [1.29, 1.82) is 0 Å². The first-order valence-electron chi connectivity index (χ1n) is 39.5. The SMILES string of the molecule is CC(Br)C1=CC=C[C+]=C1.COC(=O)CC(C)=O.COC(=O)c1c(C)[nH]c2ncccc12.COC(=O)c1c(C)n(C(C)c2ccccc2)c2ncccc12.Cc1c(C(=O)O)c2cccnc2n1C(C)c1ccccc1.Cc1cc(C)c(CN)c(=O)[nH]1.Cc1cc(C)c(CNC(=O)c2c(C)n(C(C)c3ccccc3)c3ncccc23)c(=O)[nH]1.Nc1ncccc1I. The number of halogens is 2. The molecule has 14 aromatic rings. The Bertz CT molecular complexity index is 6280. The molecule has 1 amide bonds. The Kier molecular flexibility index (Phi) is 35.6. The minimum absolute atomic E-state index is 0.0161. The summed E-state index contributed by atoms with van der Waals surface area (Å²) in [5, 5.41) is 15.5. The van der Waals surface area contributed by atoms with Crippen molar-refractivity contribution in [2.75, 3.05) is 27.1 Å². The Labute approximate surface area is 741 Å². The number of nitrogens with two attached hydrogens (primary N) is 2. The first kappa shape index (κ1) is 96.1. The zero-order chi connectivity index (χ0) is 90.6. The lowest BCUT2D eigenvalue weighted by Gasteiger charge is -2.17. The molecule has 28 heteroatoms. The molecule has 0 radical (unpaired) electrons. The van der Waals surface area contributed by atoms with E-state index in [1.54, 1.807) is 43.1 Å². The van der Waals surface area contributed by atoms with Gasteiger partial charge in [0.1, 0.15) is 52.8 Å². The number of hydrogen-bond donors (Lipinski definition) is 7. The molecule has 0 saturated heterocycles. The Morgan fingerprint density at radius 2 is 0.944 bits per heavy atom. The molecule has 3 aromatic carbocycles. The first-order chi connectivity index (χ1) is 59.3. The predicted molar refractivity (Wildman–Crippen MR) is 499 cm³/mol. The lowest BCUT2D eigenvalue weighted by molar-refractivity contribution is -0.143. The average molecular weight is 1850 g/mol. The summed E-state index contributed by atoms with van der Waals surface area (Å²) in [5.41, 5.74) is 28.3. The van der Waals surface area contributed by atoms with Gasteiger partial charge in [0.15, 0.2) is 0 Å². The van der Waals surface area contributed by atoms with Crippen LogP contribution in [-0.2, 0) is 36.9 Å². The van der Waals surface area contributed by atoms with Gasteiger partial charge in [0, 0.05) is 123 Å². The summed E-state index contributed by atoms with van der Waals surface area (Å²) in [6.45, 7) is 25.2. The molecule has 0 saturated carbocycles. The molecule has 0 bridgehead atoms. The maximum atomic E-state index is 13.3. The number of carbonyl (C=O) groups is 6. The Morgan fingerprint density at radius 3 is 1.32 bits per heavy atom. The van der Waals surface area contributed by atoms with E-state index in [4.69, 9.17) is 20.9 Å². The van der Waals surface area contributed by atoms with Crippen LogP contribution in [0.5, 0.6) is 0 Å². The number of aromatic nitrogens is 11. The fourth-order valence-corrected chi connectivity index (χ4v) is 14.7. The third-order valence-electron chi connectivity index (χ3n) is 20.2. The second-order valence-corrected chi connectivity index (χ2v) is 31.3. The quantitative estimate of drug-likeness (QED) is 0.0118. The number of Topliss-reactive ketones (excluding diaryl/α,β-unsaturated/α-hetero) is 1. The van der Waals surface area contributed by atoms with Crippen LogP contribution >= 0.6 is 38.5 Å². The van der Waals surface area contributed by atoms with Crippen molar-refractivity contribution in [1.82, 2.24) is 58.9 Å². The van der Waals surface area contributed by atoms with E-state index in [1.807, 2.05) is 206 Å². The molecule has 0 aliphatic heterocycles. The number of nitrogens with one attached hydrogen (secondary N) is 4. The number of alkyl halides is 1. The van der Waals surface area contributed by atoms with Crippen LogP contribution in [0.1, 0.15) is 174 Å². The van der Waals surface area contributed by atoms with Gasteiger partial charge in [0.2, 0.25) is 0 Å². The number of rotatable bonds is 16. The van der Waals surface area contributed by atoms with E-state index in [1.165, 1.54) is 39.4 Å². The number of carboxylic acids is 1. The van der Waals surface area contributed by atoms with Crippen molar-refractivity contribution in [2.45, 2.75) is 132 Å². The fraction of sp³-hybridized carbons (Fsp3) is 0.240. The van der Waals surface area contributed by atoms with Gasteiger partial charge in [0.05, 0.1) is 81.8 Å². The monoisotopic (exact) mass is 1850 g/mol. The van der Waals surface area contributed by atoms with Crippen molar-refractivity contribution >= 4 is 124 Å². The van der Waals surface area contributed by atoms with Crippen molar-refractivity contribution < 1.29 is 48.1 Å². The van der Waals surface area contributed by atoms with Crippen molar-refractivity contribution in [3.8, 4) is 0 Å². The van der Waals surface area contributed by atoms with E-state index in [0.717, 1.165) is 87.4 Å². The van der Waals surface area contributed by atoms with Crippen LogP contribution in [0.2, 0.25) is 0 Å². The van der Waals surface area contributed by atoms with E-state index >= 15 is 0 Å². The number of carboxylic acid groups (broad SMARTS) is 1. The third kappa shape index (κ3) is 24.5. The molecule has 4 unspecified atom stereocenters. The van der Waals surface area contributed by atoms with Crippen LogP contribution in [-0.4, -0.2) is 120 Å². The lowest BCUT2D eigenvalue weighted by Crippen LogP contribution is -2.28. The average Bonchev–Trinajstić information content (AvgIpc) is 1.61. The van der Waals surface area contributed by atoms with Crippen LogP contribution < -0.4 is 27.9 Å². The molecular weight excluding hydrogens is 1750 g/mol. The number of aryl methyl sites for hydroxylation is 5. The summed E-state index contributed by atoms with van der Waals surface area (Å²) in [5.74, 6) is -1.82. The van der Waals surface area contributed by atoms with Crippen LogP contribution in [0.25, 0.3) is 44.1 Å². The number of benzene rings is 3. The zero-order valence-corrected chi connectivity index (χ0v) is 75.9. The molecule has 11 heterocycles. The number of carbonyl (C=O) groups excluding carboxylic acids is 5. The highest BCUT2D eigenvalue weighted by atomic mass is 127. The van der Waals surface area contributed by atoms with Gasteiger partial charge in [-0.3, -0.25) is 24.0 Å². The normalized spacial score (nSPS) is 11.9. The van der Waals surface area contributed by atoms with Gasteiger partial charge in [-0.25, -0.2) is 39.3 Å². The number of hydrogen-bond acceptors (Lipinski definition) is 18. The van der Waals surface area contributed by atoms with Crippen LogP contribution in [0, 0.1) is 65.0 Å². The zero-order valence-electron chi connectivity index (χ0n) is 72.1. The van der Waals surface area contributed by atoms with Crippen molar-refractivity contribution in [2.24, 2.45) is 5.73 Å². The molecule has 15 rings (SSSR count). The minimum atomic E-state index is -0.912. The minimum Gasteiger partial charge on any atom is -0.478 e. The number of methoxy groups -OCH3 is 3. The van der Waals surface area contributed by atoms with Gasteiger partial charge in [0.25, 0.3) is 17.0 Å². The lowest BCUT2D eigenvalue weighted by atomic mass is 10.1. The summed E-state index contributed by atoms with van der Waals surface area (Å²) in [7, 11) is 4.03. The molecule has 642 valence electrons. The standard InChI is InChI=1S/C25H26N4O2.C18H18N2O2.C17H16N2O2.C10H10N2O2.C8H8Br.C8H12N2O.C5H5IN2.C5H8O3/c1-15-13-16(2)28-24(30)21(15)14-27-25(31)22-18(4)29(23-20(22)11-8-12-26-23)17(3)19-9-6-5-7-10-19;1-12(14-8-5-4-6-9-14)20-13(2)16(18(21)22-3)15-10-7-11-19-17(15)20;1-11(13-7-4-3-5-8-13)19-12(2)15(17(20)21)14-9-6-10-18-16(14)19;1-6-8(10(13)14-2)7-4-3-5-11-9(7)12-6;1-7(9)8-5-3-2-4-6-8;1-5-3-6(2)10-8(11)7(5)4-9;6-4-2-1-3-8-5(4)7;1-4(6)3-5(7)8-2/h5-13,17H,14H2,1-4H3,(H,27,31)(H,28,30);4-12H,1-3H3;3-11H,1-2H3,(H,20,21);3-5H,1-2H3,(H,11,12);2-3,5-7H,1H3;3H,4,9H2,1-2H3,(H,10,11);1-3H,(H2,7,8);3H2,1-2H3/q;;;;+1;;;. The van der Waals surface area contributed by atoms with E-state index < -0.39 is 11.9 Å². The number of allylic oxidation sites excluding steroid dienone is 6. The molecule has 1 aliphatic carbocycles. The third-order valence-corrected chi connectivity index (χ3v) is 21.7. The largest absolute Gasteiger partial charge is 0.478 e. The van der Waals surface area contributed by atoms with Crippen LogP contribution in [0.3, 0.4) is 0 Å². The maximum absolute atomic E-state index is 13.3. The molecule has 0 fully saturated rings. The molecule has 26 nitrogen and oxygen atoms in total. The maximum Gasteiger partial charge on any atom is 0.340 e. The number of esters is 3. The van der Waals surface area contributed by atoms with Gasteiger partial charge < -0.3 is 64.8 Å². The van der Waals surface area contributed by atoms with Crippen LogP contribution in [0.15, 0.2) is 234 Å². The molecular formula is C96H103BrIN14O12+. The molecule has 0 spiro atoms. The summed E-state index contributed by atoms with van der Waals surface area (Å²) in [4.78, 5) is 123. The van der Waals surface area contributed by atoms with Gasteiger partial charge in [-0.2, -0.15) is 0 Å². The summed E-state index contributed by atoms with van der Waals surface area (Å²) in [6, 6.07) is 52.8. The fourth-order valence-electron chi connectivity index (χ4n) is 14.1. The number of aromatic carboxylic acids is 1. The van der Waals surface area contributed by atoms with E-state index in [0.29, 0.717) is 67.3 Å². The predicted octanol–water partition coefficient (Wildman–Crippen LogP) is 17.7. The number of ketones is 1. The smallest absolute Gasteiger partial charge is 0.340 e. The molecule has 9 N–H and O–H groups in total. The molecule has 124 heavy (non-hydrogen) atoms. The number of anilines is 1. The van der Waals surface area contributed by atoms with Gasteiger partial charge >= 0.3 is 23.9 Å². The van der Waals surface area contributed by atoms with Crippen molar-refractivity contribution in [3.63, 3.8) is 0 Å². The molecule has 11 aromatic heterocycles. The number of nitrogens with zero attached hydrogens (tertiary/aromatic N) is 8. The number of H-pyrrole nitrogens is 3. The highest BCUT2D eigenvalue weighted by molar-refractivity contribution is 14.1. The Hall–Kier alpha value is -13.4. The van der Waals surface area contributed by atoms with Crippen LogP contribution in [0.4, 0.5) is 5.82 Å². The summed E-state index contributed by atoms with van der Waals surface area (Å²) < 4.78 is 21.0. The Balaban J connectivity index is 0.000000184. The second-order valence-electron chi connectivity index (χ2n) is 28.7. The molecule has 1 aliphatic rings. The number of amides is 1. The molecule has 4 atom stereocenters. The first-order valence-corrected chi connectivity index (χ1v) is 41.5. The van der Waals surface area contributed by atoms with Crippen molar-refractivity contribution in [3.05, 3.63) is 350 Å². The van der Waals surface area contributed by atoms with E-state index in [-0.39, 0.29) is 65.8 Å². The van der Waals surface area contributed by atoms with Gasteiger partial charge in [-0.15, -0.1) is 0 Å². The summed E-state index contributed by atoms with van der Waals surface area (Å²) in [6.07, 6.45) is 19.4. The van der Waals surface area contributed by atoms with Gasteiger partial charge in [-0.05, 0) is 213 Å². The number of ether oxygens (including phenoxy) is 3. The second kappa shape index (κ2) is 46.0. The highest BCUT2D eigenvalue weighted by Crippen LogP contribution is 2.35. The number of fused-ring (bicyclic) bond motifs is 4. The topological polar surface area (TPSA) is 375 Å². The van der Waals surface area contributed by atoms with E-state index in [2.05, 4.69) is 162 Å². The van der Waals surface area contributed by atoms with Gasteiger partial charge in [-0.1, -0.05) is 107 Å². The van der Waals surface area contributed by atoms with E-state index in [9.17, 15) is 43.5 Å². The number of aromatic amines is 3. The number of nitrogen functional groups attached to an aromatic ring is 1.